The third kappa shape index (κ3) is 4.36. The highest BCUT2D eigenvalue weighted by atomic mass is 32.2. The number of thioether (sulfide) groups is 1. The molecule has 1 atom stereocenters. The molecule has 0 saturated carbocycles. The van der Waals surface area contributed by atoms with E-state index in [1.54, 1.807) is 35.1 Å². The van der Waals surface area contributed by atoms with Crippen molar-refractivity contribution in [2.45, 2.75) is 24.2 Å². The number of ether oxygens (including phenoxy) is 3. The molecule has 1 aromatic carbocycles. The lowest BCUT2D eigenvalue weighted by Crippen LogP contribution is -2.27. The van der Waals surface area contributed by atoms with Gasteiger partial charge in [0.1, 0.15) is 12.6 Å². The Morgan fingerprint density at radius 2 is 2.28 bits per heavy atom. The van der Waals surface area contributed by atoms with Crippen LogP contribution in [0.5, 0.6) is 0 Å². The molecule has 0 unspecified atom stereocenters. The zero-order chi connectivity index (χ0) is 20.2. The Bertz CT molecular complexity index is 1060. The fraction of sp³-hybridized carbons (Fsp3) is 0.350. The summed E-state index contributed by atoms with van der Waals surface area (Å²) in [5.74, 6) is 0.817. The summed E-state index contributed by atoms with van der Waals surface area (Å²) in [6.07, 6.45) is 2.38. The Morgan fingerprint density at radius 1 is 1.38 bits per heavy atom. The van der Waals surface area contributed by atoms with Crippen molar-refractivity contribution in [2.75, 3.05) is 26.3 Å². The van der Waals surface area contributed by atoms with Crippen LogP contribution in [-0.2, 0) is 20.8 Å². The van der Waals surface area contributed by atoms with Crippen LogP contribution >= 0.6 is 11.8 Å². The van der Waals surface area contributed by atoms with E-state index >= 15 is 0 Å². The first-order chi connectivity index (χ1) is 14.2. The van der Waals surface area contributed by atoms with Gasteiger partial charge in [0.05, 0.1) is 49.1 Å². The normalized spacial score (nSPS) is 16.8. The molecule has 0 radical (unpaired) electrons. The van der Waals surface area contributed by atoms with Crippen LogP contribution in [-0.4, -0.2) is 47.9 Å². The molecule has 9 heteroatoms. The lowest BCUT2D eigenvalue weighted by atomic mass is 10.1. The maximum absolute atomic E-state index is 13.2. The number of benzene rings is 1. The quantitative estimate of drug-likeness (QED) is 0.344. The predicted molar refractivity (Wildman–Crippen MR) is 106 cm³/mol. The number of hydrogen-bond donors (Lipinski definition) is 0. The van der Waals surface area contributed by atoms with Crippen LogP contribution in [0.2, 0.25) is 0 Å². The molecular formula is C20H20N2O6S. The Kier molecular flexibility index (Phi) is 5.98. The van der Waals surface area contributed by atoms with E-state index < -0.39 is 5.97 Å². The fourth-order valence-electron chi connectivity index (χ4n) is 3.05. The summed E-state index contributed by atoms with van der Waals surface area (Å²) >= 11 is 1.44. The van der Waals surface area contributed by atoms with Gasteiger partial charge in [0.25, 0.3) is 5.56 Å². The Labute approximate surface area is 170 Å². The summed E-state index contributed by atoms with van der Waals surface area (Å²) < 4.78 is 22.6. The van der Waals surface area contributed by atoms with Gasteiger partial charge < -0.3 is 18.6 Å². The van der Waals surface area contributed by atoms with E-state index in [1.165, 1.54) is 18.9 Å². The monoisotopic (exact) mass is 416 g/mol. The molecule has 1 aliphatic heterocycles. The van der Waals surface area contributed by atoms with Gasteiger partial charge in [-0.2, -0.15) is 0 Å². The van der Waals surface area contributed by atoms with Crippen LogP contribution in [0.3, 0.4) is 0 Å². The van der Waals surface area contributed by atoms with Crippen LogP contribution in [0.1, 0.15) is 22.5 Å². The maximum Gasteiger partial charge on any atom is 0.337 e. The van der Waals surface area contributed by atoms with Crippen LogP contribution in [0.4, 0.5) is 0 Å². The number of carbonyl (C=O) groups is 1. The number of fused-ring (bicyclic) bond motifs is 1. The average Bonchev–Trinajstić information content (AvgIpc) is 3.27. The van der Waals surface area contributed by atoms with E-state index in [0.717, 1.165) is 6.42 Å². The maximum atomic E-state index is 13.2. The van der Waals surface area contributed by atoms with E-state index in [-0.39, 0.29) is 25.0 Å². The number of furan rings is 1. The van der Waals surface area contributed by atoms with Crippen molar-refractivity contribution in [2.24, 2.45) is 0 Å². The van der Waals surface area contributed by atoms with Crippen molar-refractivity contribution >= 4 is 28.6 Å². The second kappa shape index (κ2) is 8.81. The highest BCUT2D eigenvalue weighted by molar-refractivity contribution is 7.99. The number of hydrogen-bond acceptors (Lipinski definition) is 8. The largest absolute Gasteiger partial charge is 0.467 e. The molecule has 0 aliphatic carbocycles. The van der Waals surface area contributed by atoms with E-state index in [4.69, 9.17) is 18.6 Å². The third-order valence-corrected chi connectivity index (χ3v) is 5.71. The molecule has 3 heterocycles. The summed E-state index contributed by atoms with van der Waals surface area (Å²) in [5.41, 5.74) is 0.599. The number of esters is 1. The second-order valence-electron chi connectivity index (χ2n) is 6.50. The van der Waals surface area contributed by atoms with Gasteiger partial charge in [-0.3, -0.25) is 9.36 Å². The van der Waals surface area contributed by atoms with Crippen molar-refractivity contribution in [1.82, 2.24) is 9.55 Å². The van der Waals surface area contributed by atoms with Gasteiger partial charge in [-0.05, 0) is 36.8 Å². The molecule has 0 bridgehead atoms. The number of aromatic nitrogens is 2. The summed E-state index contributed by atoms with van der Waals surface area (Å²) in [4.78, 5) is 29.7. The average molecular weight is 416 g/mol. The van der Waals surface area contributed by atoms with E-state index in [2.05, 4.69) is 4.98 Å². The first-order valence-electron chi connectivity index (χ1n) is 9.13. The van der Waals surface area contributed by atoms with Crippen LogP contribution in [0.25, 0.3) is 10.9 Å². The van der Waals surface area contributed by atoms with Gasteiger partial charge >= 0.3 is 5.97 Å². The molecule has 0 spiro atoms. The van der Waals surface area contributed by atoms with Gasteiger partial charge in [-0.1, -0.05) is 11.8 Å². The van der Waals surface area contributed by atoms with Gasteiger partial charge in [0, 0.05) is 5.75 Å². The number of rotatable bonds is 6. The summed E-state index contributed by atoms with van der Waals surface area (Å²) in [6.45, 7) is 1.20. The van der Waals surface area contributed by atoms with Gasteiger partial charge in [-0.25, -0.2) is 9.78 Å². The molecule has 3 aromatic rings. The fourth-order valence-corrected chi connectivity index (χ4v) is 4.12. The molecule has 152 valence electrons. The zero-order valence-electron chi connectivity index (χ0n) is 15.8. The minimum absolute atomic E-state index is 0.0276. The van der Waals surface area contributed by atoms with Gasteiger partial charge in [-0.15, -0.1) is 0 Å². The molecule has 29 heavy (non-hydrogen) atoms. The summed E-state index contributed by atoms with van der Waals surface area (Å²) in [7, 11) is 1.32. The third-order valence-electron chi connectivity index (χ3n) is 4.61. The Hall–Kier alpha value is -2.62. The lowest BCUT2D eigenvalue weighted by molar-refractivity contribution is -0.130. The van der Waals surface area contributed by atoms with Crippen molar-refractivity contribution < 1.29 is 23.4 Å². The van der Waals surface area contributed by atoms with Gasteiger partial charge in [0.2, 0.25) is 0 Å². The number of carbonyl (C=O) groups excluding carboxylic acids is 1. The van der Waals surface area contributed by atoms with E-state index in [1.807, 2.05) is 6.07 Å². The van der Waals surface area contributed by atoms with Crippen molar-refractivity contribution in [3.05, 3.63) is 58.3 Å². The standard InChI is InChI=1S/C20H20N2O6S/c1-25-19(24)13-4-5-16-17(9-13)21-20(29-11-15-6-8-26-12-28-15)22(18(16)23)10-14-3-2-7-27-14/h2-5,7,9,15H,6,8,10-12H2,1H3/t15-/m1/s1. The van der Waals surface area contributed by atoms with Gasteiger partial charge in [0.15, 0.2) is 5.16 Å². The molecule has 1 aliphatic rings. The zero-order valence-corrected chi connectivity index (χ0v) is 16.6. The minimum Gasteiger partial charge on any atom is -0.467 e. The van der Waals surface area contributed by atoms with Crippen LogP contribution in [0.15, 0.2) is 51.0 Å². The van der Waals surface area contributed by atoms with Crippen molar-refractivity contribution in [1.29, 1.82) is 0 Å². The first-order valence-corrected chi connectivity index (χ1v) is 10.1. The minimum atomic E-state index is -0.474. The number of nitrogens with zero attached hydrogens (tertiary/aromatic N) is 2. The second-order valence-corrected chi connectivity index (χ2v) is 7.49. The topological polar surface area (TPSA) is 92.8 Å². The Morgan fingerprint density at radius 3 is 3.00 bits per heavy atom. The molecule has 2 aromatic heterocycles. The highest BCUT2D eigenvalue weighted by Crippen LogP contribution is 2.23. The Balaban J connectivity index is 1.73. The number of methoxy groups -OCH3 is 1. The molecule has 1 saturated heterocycles. The smallest absolute Gasteiger partial charge is 0.337 e. The van der Waals surface area contributed by atoms with Crippen LogP contribution in [0, 0.1) is 0 Å². The summed E-state index contributed by atoms with van der Waals surface area (Å²) in [5, 5.41) is 0.965. The molecule has 4 rings (SSSR count). The molecule has 0 amide bonds. The highest BCUT2D eigenvalue weighted by Gasteiger charge is 2.19. The summed E-state index contributed by atoms with van der Waals surface area (Å²) in [6, 6.07) is 8.34. The first kappa shape index (κ1) is 19.7. The van der Waals surface area contributed by atoms with Crippen LogP contribution < -0.4 is 5.56 Å². The van der Waals surface area contributed by atoms with Crippen molar-refractivity contribution in [3.63, 3.8) is 0 Å². The molecular weight excluding hydrogens is 396 g/mol. The molecule has 0 N–H and O–H groups in total. The predicted octanol–water partition coefficient (Wildman–Crippen LogP) is 2.68. The molecule has 1 fully saturated rings. The van der Waals surface area contributed by atoms with E-state index in [9.17, 15) is 9.59 Å². The molecule has 8 nitrogen and oxygen atoms in total. The lowest BCUT2D eigenvalue weighted by Gasteiger charge is -2.22. The van der Waals surface area contributed by atoms with Crippen molar-refractivity contribution in [3.8, 4) is 0 Å². The SMILES string of the molecule is COC(=O)c1ccc2c(=O)n(Cc3ccco3)c(SC[C@H]3CCOCO3)nc2c1. The van der Waals surface area contributed by atoms with E-state index in [0.29, 0.717) is 39.7 Å².